The van der Waals surface area contributed by atoms with Crippen molar-refractivity contribution >= 4 is 5.97 Å². The van der Waals surface area contributed by atoms with Crippen molar-refractivity contribution in [2.24, 2.45) is 5.92 Å². The first-order valence-electron chi connectivity index (χ1n) is 13.4. The number of carbonyl (C=O) groups excluding carboxylic acids is 1. The summed E-state index contributed by atoms with van der Waals surface area (Å²) in [7, 11) is 0. The van der Waals surface area contributed by atoms with Crippen LogP contribution < -0.4 is 0 Å². The molecule has 0 amide bonds. The molecule has 0 spiro atoms. The molecule has 0 aromatic heterocycles. The van der Waals surface area contributed by atoms with E-state index in [-0.39, 0.29) is 5.97 Å². The molecule has 0 heterocycles. The van der Waals surface area contributed by atoms with Gasteiger partial charge in [0.2, 0.25) is 0 Å². The highest BCUT2D eigenvalue weighted by Gasteiger charge is 2.04. The minimum Gasteiger partial charge on any atom is -0.466 e. The third-order valence-corrected chi connectivity index (χ3v) is 6.12. The Balaban J connectivity index is 3.17. The fourth-order valence-electron chi connectivity index (χ4n) is 4.13. The minimum absolute atomic E-state index is 0.0151. The highest BCUT2D eigenvalue weighted by atomic mass is 16.5. The number of unbranched alkanes of at least 4 members (excludes halogenated alkanes) is 15. The highest BCUT2D eigenvalue weighted by Crippen LogP contribution is 2.15. The van der Waals surface area contributed by atoms with Gasteiger partial charge >= 0.3 is 5.97 Å². The van der Waals surface area contributed by atoms with Crippen molar-refractivity contribution in [1.29, 1.82) is 0 Å². The number of ether oxygens (including phenoxy) is 1. The Morgan fingerprint density at radius 1 is 0.586 bits per heavy atom. The minimum atomic E-state index is 0.0151. The molecule has 0 radical (unpaired) electrons. The van der Waals surface area contributed by atoms with Crippen LogP contribution in [0.1, 0.15) is 156 Å². The molecule has 0 saturated heterocycles. The first kappa shape index (κ1) is 28.5. The second kappa shape index (κ2) is 23.7. The maximum atomic E-state index is 11.8. The summed E-state index contributed by atoms with van der Waals surface area (Å²) in [6, 6.07) is 0. The zero-order valence-corrected chi connectivity index (χ0v) is 20.5. The van der Waals surface area contributed by atoms with Crippen LogP contribution in [-0.2, 0) is 9.53 Å². The first-order chi connectivity index (χ1) is 14.2. The van der Waals surface area contributed by atoms with Crippen molar-refractivity contribution in [3.05, 3.63) is 0 Å². The quantitative estimate of drug-likeness (QED) is 0.124. The summed E-state index contributed by atoms with van der Waals surface area (Å²) < 4.78 is 5.38. The summed E-state index contributed by atoms with van der Waals surface area (Å²) in [5.74, 6) is 0.855. The SMILES string of the molecule is CCCCCCCCCCCCCCCCOC(=O)CCCCC[C@H](C)CCC. The Morgan fingerprint density at radius 2 is 1.07 bits per heavy atom. The molecule has 0 aliphatic rings. The number of hydrogen-bond donors (Lipinski definition) is 0. The van der Waals surface area contributed by atoms with E-state index in [1.807, 2.05) is 0 Å². The topological polar surface area (TPSA) is 26.3 Å². The maximum Gasteiger partial charge on any atom is 0.305 e. The number of rotatable bonds is 23. The van der Waals surface area contributed by atoms with Crippen LogP contribution in [0.3, 0.4) is 0 Å². The Bertz CT molecular complexity index is 326. The van der Waals surface area contributed by atoms with Gasteiger partial charge in [-0.05, 0) is 18.8 Å². The van der Waals surface area contributed by atoms with E-state index >= 15 is 0 Å². The van der Waals surface area contributed by atoms with Crippen LogP contribution in [0.4, 0.5) is 0 Å². The van der Waals surface area contributed by atoms with Crippen molar-refractivity contribution < 1.29 is 9.53 Å². The van der Waals surface area contributed by atoms with E-state index in [9.17, 15) is 4.79 Å². The van der Waals surface area contributed by atoms with Crippen molar-refractivity contribution in [2.45, 2.75) is 156 Å². The number of hydrogen-bond acceptors (Lipinski definition) is 2. The zero-order chi connectivity index (χ0) is 21.4. The molecule has 0 fully saturated rings. The molecule has 0 aliphatic carbocycles. The van der Waals surface area contributed by atoms with Gasteiger partial charge in [-0.25, -0.2) is 0 Å². The van der Waals surface area contributed by atoms with E-state index in [0.29, 0.717) is 13.0 Å². The van der Waals surface area contributed by atoms with E-state index in [0.717, 1.165) is 18.8 Å². The summed E-state index contributed by atoms with van der Waals surface area (Å²) in [4.78, 5) is 11.8. The Labute approximate surface area is 184 Å². The summed E-state index contributed by atoms with van der Waals surface area (Å²) in [6.07, 6.45) is 27.0. The summed E-state index contributed by atoms with van der Waals surface area (Å²) in [5.41, 5.74) is 0. The molecule has 2 heteroatoms. The van der Waals surface area contributed by atoms with E-state index in [1.54, 1.807) is 0 Å². The molecular formula is C27H54O2. The van der Waals surface area contributed by atoms with Crippen LogP contribution in [0.25, 0.3) is 0 Å². The summed E-state index contributed by atoms with van der Waals surface area (Å²) >= 11 is 0. The molecule has 174 valence electrons. The molecule has 0 rings (SSSR count). The van der Waals surface area contributed by atoms with Crippen molar-refractivity contribution in [3.8, 4) is 0 Å². The molecule has 29 heavy (non-hydrogen) atoms. The summed E-state index contributed by atoms with van der Waals surface area (Å²) in [5, 5.41) is 0. The predicted octanol–water partition coefficient (Wildman–Crippen LogP) is 9.40. The van der Waals surface area contributed by atoms with Crippen molar-refractivity contribution in [2.75, 3.05) is 6.61 Å². The molecule has 0 unspecified atom stereocenters. The van der Waals surface area contributed by atoms with Gasteiger partial charge in [-0.1, -0.05) is 136 Å². The van der Waals surface area contributed by atoms with Crippen molar-refractivity contribution in [1.82, 2.24) is 0 Å². The van der Waals surface area contributed by atoms with E-state index in [4.69, 9.17) is 4.74 Å². The zero-order valence-electron chi connectivity index (χ0n) is 20.5. The van der Waals surface area contributed by atoms with Gasteiger partial charge < -0.3 is 4.74 Å². The normalized spacial score (nSPS) is 12.2. The number of esters is 1. The standard InChI is InChI=1S/C27H54O2/c1-4-6-7-8-9-10-11-12-13-14-15-16-17-21-25-29-27(28)24-20-18-19-23-26(3)22-5-2/h26H,4-25H2,1-3H3/t26-/m1/s1. The average molecular weight is 411 g/mol. The second-order valence-electron chi connectivity index (χ2n) is 9.31. The van der Waals surface area contributed by atoms with E-state index in [2.05, 4.69) is 20.8 Å². The van der Waals surface area contributed by atoms with Gasteiger partial charge in [0.1, 0.15) is 0 Å². The predicted molar refractivity (Wildman–Crippen MR) is 128 cm³/mol. The second-order valence-corrected chi connectivity index (χ2v) is 9.31. The molecule has 0 N–H and O–H groups in total. The van der Waals surface area contributed by atoms with Crippen molar-refractivity contribution in [3.63, 3.8) is 0 Å². The van der Waals surface area contributed by atoms with Crippen LogP contribution in [-0.4, -0.2) is 12.6 Å². The van der Waals surface area contributed by atoms with E-state index < -0.39 is 0 Å². The Morgan fingerprint density at radius 3 is 1.59 bits per heavy atom. The Kier molecular flexibility index (Phi) is 23.3. The summed E-state index contributed by atoms with van der Waals surface area (Å²) in [6.45, 7) is 7.51. The van der Waals surface area contributed by atoms with Gasteiger partial charge in [0, 0.05) is 6.42 Å². The van der Waals surface area contributed by atoms with Gasteiger partial charge in [-0.15, -0.1) is 0 Å². The molecular weight excluding hydrogens is 356 g/mol. The molecule has 2 nitrogen and oxygen atoms in total. The van der Waals surface area contributed by atoms with E-state index in [1.165, 1.54) is 116 Å². The monoisotopic (exact) mass is 410 g/mol. The van der Waals surface area contributed by atoms with Gasteiger partial charge in [-0.3, -0.25) is 4.79 Å². The number of carbonyl (C=O) groups is 1. The van der Waals surface area contributed by atoms with Crippen LogP contribution in [0.15, 0.2) is 0 Å². The van der Waals surface area contributed by atoms with Gasteiger partial charge in [0.05, 0.1) is 6.61 Å². The Hall–Kier alpha value is -0.530. The largest absolute Gasteiger partial charge is 0.466 e. The van der Waals surface area contributed by atoms with Crippen LogP contribution in [0, 0.1) is 5.92 Å². The first-order valence-corrected chi connectivity index (χ1v) is 13.4. The average Bonchev–Trinajstić information content (AvgIpc) is 2.71. The maximum absolute atomic E-state index is 11.8. The molecule has 0 aromatic carbocycles. The molecule has 1 atom stereocenters. The highest BCUT2D eigenvalue weighted by molar-refractivity contribution is 5.69. The van der Waals surface area contributed by atoms with Crippen LogP contribution >= 0.6 is 0 Å². The van der Waals surface area contributed by atoms with Crippen LogP contribution in [0.5, 0.6) is 0 Å². The molecule has 0 aromatic rings. The fraction of sp³-hybridized carbons (Fsp3) is 0.963. The molecule has 0 aliphatic heterocycles. The van der Waals surface area contributed by atoms with Gasteiger partial charge in [0.25, 0.3) is 0 Å². The lowest BCUT2D eigenvalue weighted by molar-refractivity contribution is -0.143. The smallest absolute Gasteiger partial charge is 0.305 e. The third-order valence-electron chi connectivity index (χ3n) is 6.12. The van der Waals surface area contributed by atoms with Gasteiger partial charge in [-0.2, -0.15) is 0 Å². The third kappa shape index (κ3) is 23.6. The van der Waals surface area contributed by atoms with Crippen LogP contribution in [0.2, 0.25) is 0 Å². The lowest BCUT2D eigenvalue weighted by atomic mass is 9.98. The molecule has 0 bridgehead atoms. The fourth-order valence-corrected chi connectivity index (χ4v) is 4.13. The lowest BCUT2D eigenvalue weighted by Gasteiger charge is -2.09. The lowest BCUT2D eigenvalue weighted by Crippen LogP contribution is -2.05. The molecule has 0 saturated carbocycles. The van der Waals surface area contributed by atoms with Gasteiger partial charge in [0.15, 0.2) is 0 Å².